The van der Waals surface area contributed by atoms with Gasteiger partial charge in [0.25, 0.3) is 0 Å². The summed E-state index contributed by atoms with van der Waals surface area (Å²) >= 11 is 0. The second-order valence-electron chi connectivity index (χ2n) is 3.21. The first-order valence-electron chi connectivity index (χ1n) is 4.04. The maximum atomic E-state index is 11.0. The topological polar surface area (TPSA) is 60.4 Å². The van der Waals surface area contributed by atoms with Crippen molar-refractivity contribution < 1.29 is 19.1 Å². The van der Waals surface area contributed by atoms with Gasteiger partial charge in [-0.3, -0.25) is 4.79 Å². The van der Waals surface area contributed by atoms with E-state index in [0.717, 1.165) is 12.8 Å². The van der Waals surface area contributed by atoms with Crippen LogP contribution in [0.4, 0.5) is 0 Å². The van der Waals surface area contributed by atoms with E-state index in [9.17, 15) is 4.79 Å². The summed E-state index contributed by atoms with van der Waals surface area (Å²) in [6, 6.07) is 0. The molecule has 0 aliphatic carbocycles. The van der Waals surface area contributed by atoms with Crippen LogP contribution in [0, 0.1) is 5.41 Å². The van der Waals surface area contributed by atoms with Gasteiger partial charge in [0.2, 0.25) is 0 Å². The highest BCUT2D eigenvalue weighted by molar-refractivity contribution is 5.75. The first-order valence-corrected chi connectivity index (χ1v) is 4.04. The smallest absolute Gasteiger partial charge is 0.373 e. The lowest BCUT2D eigenvalue weighted by Crippen LogP contribution is -2.25. The van der Waals surface area contributed by atoms with E-state index in [1.165, 1.54) is 7.11 Å². The third-order valence-electron chi connectivity index (χ3n) is 1.61. The molecule has 0 aliphatic heterocycles. The Hall–Kier alpha value is -1.15. The Bertz CT molecular complexity index is 178. The molecule has 0 aliphatic rings. The standard InChI is InChI=1S/C8H16O2.CO2/c1-5-6-8(2,3)7(9)10-4;2-1-3/h5-6H2,1-4H3;. The summed E-state index contributed by atoms with van der Waals surface area (Å²) in [5, 5.41) is 0. The van der Waals surface area contributed by atoms with Crippen LogP contribution >= 0.6 is 0 Å². The Morgan fingerprint density at radius 1 is 1.38 bits per heavy atom. The molecule has 0 bridgehead atoms. The van der Waals surface area contributed by atoms with Crippen LogP contribution in [0.5, 0.6) is 0 Å². The first kappa shape index (κ1) is 14.4. The number of methoxy groups -OCH3 is 1. The fraction of sp³-hybridized carbons (Fsp3) is 0.778. The maximum Gasteiger partial charge on any atom is 0.373 e. The molecule has 0 radical (unpaired) electrons. The maximum absolute atomic E-state index is 11.0. The molecule has 0 saturated carbocycles. The van der Waals surface area contributed by atoms with Crippen LogP contribution in [0.15, 0.2) is 0 Å². The van der Waals surface area contributed by atoms with Crippen molar-refractivity contribution in [3.05, 3.63) is 0 Å². The number of carbonyl (C=O) groups is 1. The van der Waals surface area contributed by atoms with Gasteiger partial charge in [-0.15, -0.1) is 0 Å². The first-order chi connectivity index (χ1) is 5.96. The molecule has 0 aromatic rings. The van der Waals surface area contributed by atoms with Gasteiger partial charge in [0.1, 0.15) is 0 Å². The molecular weight excluding hydrogens is 172 g/mol. The van der Waals surface area contributed by atoms with Crippen molar-refractivity contribution in [2.75, 3.05) is 7.11 Å². The molecule has 0 aromatic carbocycles. The summed E-state index contributed by atoms with van der Waals surface area (Å²) in [5.41, 5.74) is -0.302. The van der Waals surface area contributed by atoms with Gasteiger partial charge in [0, 0.05) is 0 Å². The molecule has 0 N–H and O–H groups in total. The summed E-state index contributed by atoms with van der Waals surface area (Å²) in [6.07, 6.45) is 2.15. The van der Waals surface area contributed by atoms with Crippen molar-refractivity contribution in [2.24, 2.45) is 5.41 Å². The van der Waals surface area contributed by atoms with Gasteiger partial charge in [-0.05, 0) is 20.3 Å². The van der Waals surface area contributed by atoms with Crippen LogP contribution in [0.1, 0.15) is 33.6 Å². The minimum Gasteiger partial charge on any atom is -0.469 e. The number of hydrogen-bond donors (Lipinski definition) is 0. The highest BCUT2D eigenvalue weighted by atomic mass is 16.5. The van der Waals surface area contributed by atoms with E-state index in [-0.39, 0.29) is 17.5 Å². The summed E-state index contributed by atoms with van der Waals surface area (Å²) in [6.45, 7) is 5.87. The van der Waals surface area contributed by atoms with Crippen molar-refractivity contribution in [1.82, 2.24) is 0 Å². The van der Waals surface area contributed by atoms with Gasteiger partial charge in [-0.2, -0.15) is 9.59 Å². The molecule has 4 nitrogen and oxygen atoms in total. The second kappa shape index (κ2) is 7.50. The Morgan fingerprint density at radius 3 is 2.00 bits per heavy atom. The Kier molecular flexibility index (Phi) is 8.29. The van der Waals surface area contributed by atoms with E-state index in [1.807, 2.05) is 13.8 Å². The Balaban J connectivity index is 0. The molecule has 0 amide bonds. The lowest BCUT2D eigenvalue weighted by atomic mass is 9.88. The number of hydrogen-bond acceptors (Lipinski definition) is 4. The molecule has 0 spiro atoms. The van der Waals surface area contributed by atoms with Crippen LogP contribution in [-0.2, 0) is 19.1 Å². The lowest BCUT2D eigenvalue weighted by Gasteiger charge is -2.19. The van der Waals surface area contributed by atoms with Gasteiger partial charge in [0.15, 0.2) is 0 Å². The predicted molar refractivity (Wildman–Crippen MR) is 45.7 cm³/mol. The largest absolute Gasteiger partial charge is 0.469 e. The molecule has 0 fully saturated rings. The number of esters is 1. The van der Waals surface area contributed by atoms with E-state index >= 15 is 0 Å². The van der Waals surface area contributed by atoms with Crippen molar-refractivity contribution in [1.29, 1.82) is 0 Å². The van der Waals surface area contributed by atoms with E-state index < -0.39 is 0 Å². The Labute approximate surface area is 78.3 Å². The third kappa shape index (κ3) is 7.22. The zero-order chi connectivity index (χ0) is 10.9. The van der Waals surface area contributed by atoms with E-state index in [0.29, 0.717) is 0 Å². The number of carbonyl (C=O) groups excluding carboxylic acids is 3. The Morgan fingerprint density at radius 2 is 1.77 bits per heavy atom. The summed E-state index contributed by atoms with van der Waals surface area (Å²) < 4.78 is 4.63. The fourth-order valence-electron chi connectivity index (χ4n) is 1.00. The minimum absolute atomic E-state index is 0.116. The molecule has 0 unspecified atom stereocenters. The van der Waals surface area contributed by atoms with Gasteiger partial charge in [-0.25, -0.2) is 0 Å². The molecular formula is C9H16O4. The summed E-state index contributed by atoms with van der Waals surface area (Å²) in [7, 11) is 1.43. The SMILES string of the molecule is CCCC(C)(C)C(=O)OC.O=C=O. The van der Waals surface area contributed by atoms with Crippen molar-refractivity contribution in [3.63, 3.8) is 0 Å². The minimum atomic E-state index is -0.302. The zero-order valence-corrected chi connectivity index (χ0v) is 8.55. The molecule has 0 rings (SSSR count). The van der Waals surface area contributed by atoms with Crippen LogP contribution in [0.3, 0.4) is 0 Å². The average Bonchev–Trinajstić information content (AvgIpc) is 2.04. The van der Waals surface area contributed by atoms with Crippen LogP contribution in [0.2, 0.25) is 0 Å². The second-order valence-corrected chi connectivity index (χ2v) is 3.21. The number of ether oxygens (including phenoxy) is 1. The predicted octanol–water partition coefficient (Wildman–Crippen LogP) is 1.40. The van der Waals surface area contributed by atoms with Gasteiger partial charge in [-0.1, -0.05) is 13.3 Å². The van der Waals surface area contributed by atoms with E-state index in [2.05, 4.69) is 11.7 Å². The van der Waals surface area contributed by atoms with E-state index in [4.69, 9.17) is 9.59 Å². The molecule has 76 valence electrons. The van der Waals surface area contributed by atoms with Gasteiger partial charge >= 0.3 is 12.1 Å². The van der Waals surface area contributed by atoms with Crippen molar-refractivity contribution in [2.45, 2.75) is 33.6 Å². The molecule has 4 heteroatoms. The average molecular weight is 188 g/mol. The van der Waals surface area contributed by atoms with Crippen LogP contribution in [0.25, 0.3) is 0 Å². The molecule has 0 saturated heterocycles. The van der Waals surface area contributed by atoms with Gasteiger partial charge in [0.05, 0.1) is 12.5 Å². The summed E-state index contributed by atoms with van der Waals surface area (Å²) in [5.74, 6) is -0.116. The highest BCUT2D eigenvalue weighted by Gasteiger charge is 2.26. The third-order valence-corrected chi connectivity index (χ3v) is 1.61. The molecule has 0 atom stereocenters. The monoisotopic (exact) mass is 188 g/mol. The normalized spacial score (nSPS) is 9.23. The van der Waals surface area contributed by atoms with Crippen molar-refractivity contribution in [3.8, 4) is 0 Å². The lowest BCUT2D eigenvalue weighted by molar-refractivity contribution is -0.191. The van der Waals surface area contributed by atoms with Crippen molar-refractivity contribution >= 4 is 12.1 Å². The molecule has 0 aromatic heterocycles. The summed E-state index contributed by atoms with van der Waals surface area (Å²) in [4.78, 5) is 27.3. The number of rotatable bonds is 3. The zero-order valence-electron chi connectivity index (χ0n) is 8.55. The van der Waals surface area contributed by atoms with Gasteiger partial charge < -0.3 is 4.74 Å². The highest BCUT2D eigenvalue weighted by Crippen LogP contribution is 2.23. The molecule has 13 heavy (non-hydrogen) atoms. The fourth-order valence-corrected chi connectivity index (χ4v) is 1.00. The van der Waals surface area contributed by atoms with Crippen LogP contribution < -0.4 is 0 Å². The van der Waals surface area contributed by atoms with E-state index in [1.54, 1.807) is 0 Å². The molecule has 0 heterocycles. The van der Waals surface area contributed by atoms with Crippen LogP contribution in [-0.4, -0.2) is 19.2 Å². The quantitative estimate of drug-likeness (QED) is 0.628.